The van der Waals surface area contributed by atoms with Gasteiger partial charge >= 0.3 is 0 Å². The number of aromatic nitrogens is 2. The Balaban J connectivity index is 2.16. The summed E-state index contributed by atoms with van der Waals surface area (Å²) in [5, 5.41) is 14.5. The van der Waals surface area contributed by atoms with E-state index in [9.17, 15) is 5.26 Å². The Morgan fingerprint density at radius 3 is 2.21 bits per heavy atom. The molecule has 0 saturated carbocycles. The van der Waals surface area contributed by atoms with Crippen LogP contribution in [0.1, 0.15) is 25.8 Å². The van der Waals surface area contributed by atoms with Crippen molar-refractivity contribution in [2.75, 3.05) is 32.4 Å². The molecule has 0 bridgehead atoms. The SMILES string of the molecule is COc1cc(-c2nc(SCCC(C)C)nc(Nc3ccc(Cl)cc3)c2C#N)cc(OC)c1OC. The van der Waals surface area contributed by atoms with Gasteiger partial charge in [-0.3, -0.25) is 0 Å². The van der Waals surface area contributed by atoms with Gasteiger partial charge in [0.1, 0.15) is 11.6 Å². The molecule has 0 aliphatic rings. The van der Waals surface area contributed by atoms with Crippen LogP contribution in [-0.4, -0.2) is 37.1 Å². The third-order valence-electron chi connectivity index (χ3n) is 4.97. The lowest BCUT2D eigenvalue weighted by Gasteiger charge is -2.16. The van der Waals surface area contributed by atoms with Crippen LogP contribution in [0.15, 0.2) is 41.6 Å². The van der Waals surface area contributed by atoms with Crippen molar-refractivity contribution >= 4 is 34.9 Å². The van der Waals surface area contributed by atoms with Crippen molar-refractivity contribution in [3.05, 3.63) is 47.0 Å². The summed E-state index contributed by atoms with van der Waals surface area (Å²) < 4.78 is 16.5. The summed E-state index contributed by atoms with van der Waals surface area (Å²) in [6.45, 7) is 4.35. The van der Waals surface area contributed by atoms with Crippen molar-refractivity contribution in [2.45, 2.75) is 25.4 Å². The Labute approximate surface area is 209 Å². The number of nitriles is 1. The Morgan fingerprint density at radius 1 is 1.03 bits per heavy atom. The smallest absolute Gasteiger partial charge is 0.203 e. The van der Waals surface area contributed by atoms with E-state index in [0.717, 1.165) is 17.9 Å². The van der Waals surface area contributed by atoms with Crippen LogP contribution < -0.4 is 19.5 Å². The second-order valence-corrected chi connectivity index (χ2v) is 9.27. The first-order chi connectivity index (χ1) is 16.4. The number of nitrogens with one attached hydrogen (secondary N) is 1. The molecule has 0 atom stereocenters. The number of anilines is 2. The predicted molar refractivity (Wildman–Crippen MR) is 137 cm³/mol. The predicted octanol–water partition coefficient (Wildman–Crippen LogP) is 6.58. The number of nitrogens with zero attached hydrogens (tertiary/aromatic N) is 3. The molecule has 0 radical (unpaired) electrons. The lowest BCUT2D eigenvalue weighted by Crippen LogP contribution is -2.05. The highest BCUT2D eigenvalue weighted by Crippen LogP contribution is 2.42. The zero-order valence-corrected chi connectivity index (χ0v) is 21.4. The molecule has 1 N–H and O–H groups in total. The summed E-state index contributed by atoms with van der Waals surface area (Å²) in [6, 6.07) is 13.0. The Morgan fingerprint density at radius 2 is 1.68 bits per heavy atom. The molecule has 7 nitrogen and oxygen atoms in total. The second kappa shape index (κ2) is 11.8. The summed E-state index contributed by atoms with van der Waals surface area (Å²) >= 11 is 7.58. The molecule has 0 aliphatic carbocycles. The van der Waals surface area contributed by atoms with E-state index in [4.69, 9.17) is 30.8 Å². The van der Waals surface area contributed by atoms with Crippen LogP contribution >= 0.6 is 23.4 Å². The minimum absolute atomic E-state index is 0.303. The van der Waals surface area contributed by atoms with Gasteiger partial charge in [0, 0.05) is 22.0 Å². The van der Waals surface area contributed by atoms with Crippen LogP contribution in [-0.2, 0) is 0 Å². The standard InChI is InChI=1S/C25H27ClN4O3S/c1-15(2)10-11-34-25-29-22(16-12-20(31-3)23(33-5)21(13-16)32-4)19(14-27)24(30-25)28-18-8-6-17(26)7-9-18/h6-9,12-13,15H,10-11H2,1-5H3,(H,28,29,30). The fourth-order valence-electron chi connectivity index (χ4n) is 3.18. The highest BCUT2D eigenvalue weighted by molar-refractivity contribution is 7.99. The van der Waals surface area contributed by atoms with Gasteiger partial charge in [-0.1, -0.05) is 37.2 Å². The van der Waals surface area contributed by atoms with Gasteiger partial charge in [-0.15, -0.1) is 0 Å². The van der Waals surface area contributed by atoms with Crippen LogP contribution in [0, 0.1) is 17.2 Å². The fourth-order valence-corrected chi connectivity index (χ4v) is 4.39. The Kier molecular flexibility index (Phi) is 8.85. The molecular formula is C25H27ClN4O3S. The lowest BCUT2D eigenvalue weighted by atomic mass is 10.1. The minimum atomic E-state index is 0.303. The first kappa shape index (κ1) is 25.5. The van der Waals surface area contributed by atoms with E-state index in [1.54, 1.807) is 57.4 Å². The number of hydrogen-bond acceptors (Lipinski definition) is 8. The highest BCUT2D eigenvalue weighted by atomic mass is 35.5. The Hall–Kier alpha value is -3.15. The molecule has 0 spiro atoms. The van der Waals surface area contributed by atoms with E-state index < -0.39 is 0 Å². The zero-order valence-electron chi connectivity index (χ0n) is 19.8. The van der Waals surface area contributed by atoms with Gasteiger partial charge in [0.2, 0.25) is 5.75 Å². The third-order valence-corrected chi connectivity index (χ3v) is 6.10. The van der Waals surface area contributed by atoms with Crippen LogP contribution in [0.5, 0.6) is 17.2 Å². The number of halogens is 1. The molecule has 1 aromatic heterocycles. The molecule has 2 aromatic carbocycles. The molecule has 1 heterocycles. The summed E-state index contributed by atoms with van der Waals surface area (Å²) in [5.74, 6) is 3.25. The molecule has 178 valence electrons. The van der Waals surface area contributed by atoms with Crippen LogP contribution in [0.4, 0.5) is 11.5 Å². The number of methoxy groups -OCH3 is 3. The van der Waals surface area contributed by atoms with E-state index in [1.165, 1.54) is 0 Å². The summed E-state index contributed by atoms with van der Waals surface area (Å²) in [5.41, 5.74) is 2.18. The molecule has 9 heteroatoms. The molecule has 0 amide bonds. The van der Waals surface area contributed by atoms with Crippen LogP contribution in [0.25, 0.3) is 11.3 Å². The lowest BCUT2D eigenvalue weighted by molar-refractivity contribution is 0.324. The zero-order chi connectivity index (χ0) is 24.7. The van der Waals surface area contributed by atoms with Crippen molar-refractivity contribution in [3.63, 3.8) is 0 Å². The van der Waals surface area contributed by atoms with E-state index >= 15 is 0 Å². The summed E-state index contributed by atoms with van der Waals surface area (Å²) in [7, 11) is 4.64. The van der Waals surface area contributed by atoms with Gasteiger partial charge in [0.25, 0.3) is 0 Å². The van der Waals surface area contributed by atoms with Gasteiger partial charge < -0.3 is 19.5 Å². The van der Waals surface area contributed by atoms with Crippen molar-refractivity contribution in [3.8, 4) is 34.6 Å². The average Bonchev–Trinajstić information content (AvgIpc) is 2.83. The first-order valence-corrected chi connectivity index (χ1v) is 12.0. The highest BCUT2D eigenvalue weighted by Gasteiger charge is 2.21. The number of benzene rings is 2. The van der Waals surface area contributed by atoms with Gasteiger partial charge in [0.05, 0.1) is 27.0 Å². The van der Waals surface area contributed by atoms with Crippen molar-refractivity contribution in [1.29, 1.82) is 5.26 Å². The van der Waals surface area contributed by atoms with Crippen LogP contribution in [0.3, 0.4) is 0 Å². The summed E-state index contributed by atoms with van der Waals surface area (Å²) in [6.07, 6.45) is 1.02. The van der Waals surface area contributed by atoms with E-state index in [-0.39, 0.29) is 0 Å². The maximum Gasteiger partial charge on any atom is 0.203 e. The Bertz CT molecular complexity index is 1160. The average molecular weight is 499 g/mol. The van der Waals surface area contributed by atoms with E-state index in [1.807, 2.05) is 12.1 Å². The van der Waals surface area contributed by atoms with Crippen molar-refractivity contribution in [1.82, 2.24) is 9.97 Å². The third kappa shape index (κ3) is 6.04. The van der Waals surface area contributed by atoms with E-state index in [0.29, 0.717) is 56.0 Å². The largest absolute Gasteiger partial charge is 0.493 e. The molecule has 0 fully saturated rings. The van der Waals surface area contributed by atoms with Gasteiger partial charge in [-0.25, -0.2) is 9.97 Å². The monoisotopic (exact) mass is 498 g/mol. The normalized spacial score (nSPS) is 10.6. The minimum Gasteiger partial charge on any atom is -0.493 e. The second-order valence-electron chi connectivity index (χ2n) is 7.77. The number of ether oxygens (including phenoxy) is 3. The van der Waals surface area contributed by atoms with Crippen LogP contribution in [0.2, 0.25) is 5.02 Å². The molecule has 3 rings (SSSR count). The van der Waals surface area contributed by atoms with Gasteiger partial charge in [0.15, 0.2) is 22.5 Å². The maximum atomic E-state index is 10.1. The van der Waals surface area contributed by atoms with Crippen molar-refractivity contribution < 1.29 is 14.2 Å². The van der Waals surface area contributed by atoms with Crippen molar-refractivity contribution in [2.24, 2.45) is 5.92 Å². The number of thioether (sulfide) groups is 1. The molecule has 34 heavy (non-hydrogen) atoms. The summed E-state index contributed by atoms with van der Waals surface area (Å²) in [4.78, 5) is 9.41. The number of rotatable bonds is 10. The molecular weight excluding hydrogens is 472 g/mol. The molecule has 3 aromatic rings. The van der Waals surface area contributed by atoms with E-state index in [2.05, 4.69) is 30.2 Å². The first-order valence-electron chi connectivity index (χ1n) is 10.7. The molecule has 0 unspecified atom stereocenters. The topological polar surface area (TPSA) is 89.3 Å². The molecule has 0 aliphatic heterocycles. The number of hydrogen-bond donors (Lipinski definition) is 1. The fraction of sp³-hybridized carbons (Fsp3) is 0.320. The quantitative estimate of drug-likeness (QED) is 0.248. The van der Waals surface area contributed by atoms with Gasteiger partial charge in [-0.2, -0.15) is 5.26 Å². The molecule has 0 saturated heterocycles. The maximum absolute atomic E-state index is 10.1. The van der Waals surface area contributed by atoms with Gasteiger partial charge in [-0.05, 0) is 48.7 Å².